The number of fused-ring (bicyclic) bond motifs is 1. The molecule has 0 saturated carbocycles. The molecule has 108 valence electrons. The minimum absolute atomic E-state index is 0.220. The van der Waals surface area contributed by atoms with Crippen LogP contribution in [0.15, 0.2) is 30.5 Å². The quantitative estimate of drug-likeness (QED) is 0.940. The normalized spacial score (nSPS) is 17.3. The Balaban J connectivity index is 1.90. The molecule has 0 amide bonds. The molecular formula is C17H18N2O2. The highest BCUT2D eigenvalue weighted by molar-refractivity contribution is 5.88. The summed E-state index contributed by atoms with van der Waals surface area (Å²) >= 11 is 0. The van der Waals surface area contributed by atoms with E-state index in [0.29, 0.717) is 12.1 Å². The lowest BCUT2D eigenvalue weighted by Gasteiger charge is -2.23. The Morgan fingerprint density at radius 3 is 2.81 bits per heavy atom. The third-order valence-electron chi connectivity index (χ3n) is 4.16. The minimum atomic E-state index is -0.951. The van der Waals surface area contributed by atoms with Gasteiger partial charge in [-0.3, -0.25) is 0 Å². The van der Waals surface area contributed by atoms with Crippen molar-refractivity contribution in [1.29, 1.82) is 0 Å². The number of benzene rings is 1. The molecule has 0 radical (unpaired) electrons. The van der Waals surface area contributed by atoms with Crippen molar-refractivity contribution < 1.29 is 9.90 Å². The maximum absolute atomic E-state index is 11.2. The summed E-state index contributed by atoms with van der Waals surface area (Å²) in [5.41, 5.74) is 3.62. The van der Waals surface area contributed by atoms with E-state index >= 15 is 0 Å². The molecule has 4 heteroatoms. The second-order valence-corrected chi connectivity index (χ2v) is 5.46. The van der Waals surface area contributed by atoms with Crippen molar-refractivity contribution in [2.75, 3.05) is 0 Å². The van der Waals surface area contributed by atoms with Crippen LogP contribution in [-0.2, 0) is 19.3 Å². The fraction of sp³-hybridized carbons (Fsp3) is 0.353. The molecule has 0 spiro atoms. The fourth-order valence-electron chi connectivity index (χ4n) is 3.00. The molecule has 1 N–H and O–H groups in total. The molecule has 1 unspecified atom stereocenters. The molecule has 1 aliphatic carbocycles. The molecule has 0 bridgehead atoms. The maximum Gasteiger partial charge on any atom is 0.339 e. The highest BCUT2D eigenvalue weighted by Crippen LogP contribution is 2.31. The zero-order chi connectivity index (χ0) is 14.8. The number of carboxylic acids is 1. The lowest BCUT2D eigenvalue weighted by molar-refractivity contribution is 0.0694. The summed E-state index contributed by atoms with van der Waals surface area (Å²) in [6, 6.07) is 8.48. The topological polar surface area (TPSA) is 63.1 Å². The first-order valence-electron chi connectivity index (χ1n) is 7.35. The minimum Gasteiger partial charge on any atom is -0.478 e. The van der Waals surface area contributed by atoms with Crippen molar-refractivity contribution in [2.24, 2.45) is 0 Å². The summed E-state index contributed by atoms with van der Waals surface area (Å²) in [4.78, 5) is 20.0. The van der Waals surface area contributed by atoms with E-state index in [1.165, 1.54) is 17.3 Å². The number of aromatic carboxylic acids is 1. The molecule has 2 aromatic rings. The number of nitrogens with zero attached hydrogens (tertiary/aromatic N) is 2. The van der Waals surface area contributed by atoms with E-state index in [1.807, 2.05) is 6.92 Å². The van der Waals surface area contributed by atoms with Crippen molar-refractivity contribution in [2.45, 2.75) is 38.5 Å². The van der Waals surface area contributed by atoms with Gasteiger partial charge in [-0.2, -0.15) is 0 Å². The molecule has 3 rings (SSSR count). The van der Waals surface area contributed by atoms with E-state index in [0.717, 1.165) is 25.1 Å². The molecule has 1 aromatic carbocycles. The molecule has 0 aliphatic heterocycles. The number of carboxylic acid groups (broad SMARTS) is 1. The van der Waals surface area contributed by atoms with Crippen LogP contribution in [0.2, 0.25) is 0 Å². The van der Waals surface area contributed by atoms with Crippen molar-refractivity contribution in [3.8, 4) is 0 Å². The number of aryl methyl sites for hydroxylation is 2. The van der Waals surface area contributed by atoms with Crippen LogP contribution < -0.4 is 0 Å². The lowest BCUT2D eigenvalue weighted by atomic mass is 9.83. The largest absolute Gasteiger partial charge is 0.478 e. The molecule has 1 heterocycles. The monoisotopic (exact) mass is 282 g/mol. The van der Waals surface area contributed by atoms with Gasteiger partial charge in [-0.05, 0) is 36.8 Å². The molecule has 21 heavy (non-hydrogen) atoms. The van der Waals surface area contributed by atoms with E-state index in [-0.39, 0.29) is 11.5 Å². The molecule has 4 nitrogen and oxygen atoms in total. The van der Waals surface area contributed by atoms with Gasteiger partial charge in [-0.25, -0.2) is 14.8 Å². The zero-order valence-electron chi connectivity index (χ0n) is 12.0. The highest BCUT2D eigenvalue weighted by Gasteiger charge is 2.23. The van der Waals surface area contributed by atoms with Crippen molar-refractivity contribution in [1.82, 2.24) is 9.97 Å². The van der Waals surface area contributed by atoms with Crippen LogP contribution in [-0.4, -0.2) is 21.0 Å². The van der Waals surface area contributed by atoms with Crippen LogP contribution in [0.1, 0.15) is 52.3 Å². The Morgan fingerprint density at radius 2 is 2.10 bits per heavy atom. The molecular weight excluding hydrogens is 264 g/mol. The number of rotatable bonds is 3. The summed E-state index contributed by atoms with van der Waals surface area (Å²) in [6.45, 7) is 1.93. The van der Waals surface area contributed by atoms with Gasteiger partial charge in [0.1, 0.15) is 5.82 Å². The van der Waals surface area contributed by atoms with Gasteiger partial charge in [-0.1, -0.05) is 31.2 Å². The van der Waals surface area contributed by atoms with Crippen LogP contribution in [0.3, 0.4) is 0 Å². The number of carbonyl (C=O) groups is 1. The summed E-state index contributed by atoms with van der Waals surface area (Å²) < 4.78 is 0. The summed E-state index contributed by atoms with van der Waals surface area (Å²) in [6.07, 6.45) is 5.06. The Morgan fingerprint density at radius 1 is 1.33 bits per heavy atom. The number of hydrogen-bond acceptors (Lipinski definition) is 3. The van der Waals surface area contributed by atoms with Gasteiger partial charge in [0.15, 0.2) is 0 Å². The Kier molecular flexibility index (Phi) is 3.69. The first-order chi connectivity index (χ1) is 10.2. The van der Waals surface area contributed by atoms with Crippen LogP contribution in [0, 0.1) is 0 Å². The average Bonchev–Trinajstić information content (AvgIpc) is 2.53. The smallest absolute Gasteiger partial charge is 0.339 e. The first-order valence-corrected chi connectivity index (χ1v) is 7.35. The van der Waals surface area contributed by atoms with Crippen LogP contribution in [0.4, 0.5) is 0 Å². The van der Waals surface area contributed by atoms with Crippen molar-refractivity contribution in [3.63, 3.8) is 0 Å². The van der Waals surface area contributed by atoms with Crippen molar-refractivity contribution in [3.05, 3.63) is 58.7 Å². The molecule has 1 atom stereocenters. The second kappa shape index (κ2) is 5.64. The fourth-order valence-corrected chi connectivity index (χ4v) is 3.00. The predicted octanol–water partition coefficient (Wildman–Crippen LogP) is 3.01. The van der Waals surface area contributed by atoms with Gasteiger partial charge >= 0.3 is 5.97 Å². The van der Waals surface area contributed by atoms with Gasteiger partial charge in [-0.15, -0.1) is 0 Å². The van der Waals surface area contributed by atoms with E-state index in [9.17, 15) is 4.79 Å². The second-order valence-electron chi connectivity index (χ2n) is 5.46. The van der Waals surface area contributed by atoms with E-state index in [1.54, 1.807) is 0 Å². The van der Waals surface area contributed by atoms with Gasteiger partial charge in [0.25, 0.3) is 0 Å². The van der Waals surface area contributed by atoms with Gasteiger partial charge in [0.05, 0.1) is 11.3 Å². The first kappa shape index (κ1) is 13.7. The SMILES string of the molecule is CCc1nc(C2CCc3ccccc3C2)ncc1C(=O)O. The maximum atomic E-state index is 11.2. The predicted molar refractivity (Wildman–Crippen MR) is 79.6 cm³/mol. The lowest BCUT2D eigenvalue weighted by Crippen LogP contribution is -2.17. The van der Waals surface area contributed by atoms with Crippen LogP contribution in [0.25, 0.3) is 0 Å². The van der Waals surface area contributed by atoms with Gasteiger partial charge in [0.2, 0.25) is 0 Å². The van der Waals surface area contributed by atoms with Gasteiger partial charge < -0.3 is 5.11 Å². The van der Waals surface area contributed by atoms with Crippen LogP contribution >= 0.6 is 0 Å². The Bertz CT molecular complexity index is 682. The van der Waals surface area contributed by atoms with E-state index in [4.69, 9.17) is 5.11 Å². The number of hydrogen-bond donors (Lipinski definition) is 1. The standard InChI is InChI=1S/C17H18N2O2/c1-2-15-14(17(20)21)10-18-16(19-15)13-8-7-11-5-3-4-6-12(11)9-13/h3-6,10,13H,2,7-9H2,1H3,(H,20,21). The van der Waals surface area contributed by atoms with Gasteiger partial charge in [0, 0.05) is 12.1 Å². The van der Waals surface area contributed by atoms with Crippen molar-refractivity contribution >= 4 is 5.97 Å². The number of aromatic nitrogens is 2. The Labute approximate surface area is 123 Å². The molecule has 1 aliphatic rings. The summed E-state index contributed by atoms with van der Waals surface area (Å²) in [5.74, 6) is 0.117. The summed E-state index contributed by atoms with van der Waals surface area (Å²) in [5, 5.41) is 9.15. The third-order valence-corrected chi connectivity index (χ3v) is 4.16. The molecule has 0 fully saturated rings. The summed E-state index contributed by atoms with van der Waals surface area (Å²) in [7, 11) is 0. The van der Waals surface area contributed by atoms with E-state index in [2.05, 4.69) is 34.2 Å². The van der Waals surface area contributed by atoms with E-state index < -0.39 is 5.97 Å². The third kappa shape index (κ3) is 2.66. The van der Waals surface area contributed by atoms with Crippen LogP contribution in [0.5, 0.6) is 0 Å². The highest BCUT2D eigenvalue weighted by atomic mass is 16.4. The zero-order valence-corrected chi connectivity index (χ0v) is 12.0. The Hall–Kier alpha value is -2.23. The average molecular weight is 282 g/mol. The molecule has 1 aromatic heterocycles. The molecule has 0 saturated heterocycles.